The van der Waals surface area contributed by atoms with Crippen LogP contribution in [0.5, 0.6) is 0 Å². The van der Waals surface area contributed by atoms with E-state index in [1.807, 2.05) is 36.5 Å². The Morgan fingerprint density at radius 2 is 1.93 bits per heavy atom. The highest BCUT2D eigenvalue weighted by Crippen LogP contribution is 2.20. The van der Waals surface area contributed by atoms with Gasteiger partial charge in [-0.05, 0) is 6.08 Å². The summed E-state index contributed by atoms with van der Waals surface area (Å²) < 4.78 is 5.34. The molecule has 0 amide bonds. The van der Waals surface area contributed by atoms with Crippen molar-refractivity contribution in [2.75, 3.05) is 0 Å². The first-order valence-corrected chi connectivity index (χ1v) is 4.49. The summed E-state index contributed by atoms with van der Waals surface area (Å²) in [6.07, 6.45) is 15.3. The van der Waals surface area contributed by atoms with Crippen LogP contribution in [0, 0.1) is 0 Å². The Morgan fingerprint density at radius 1 is 1.21 bits per heavy atom. The van der Waals surface area contributed by atoms with Crippen LogP contribution < -0.4 is 0 Å². The molecule has 1 aliphatic rings. The van der Waals surface area contributed by atoms with Crippen LogP contribution in [0.1, 0.15) is 17.5 Å². The molecule has 0 aliphatic heterocycles. The molecule has 0 atom stereocenters. The Labute approximate surface area is 83.0 Å². The summed E-state index contributed by atoms with van der Waals surface area (Å²) in [4.78, 5) is 4.28. The highest BCUT2D eigenvalue weighted by Gasteiger charge is 2.10. The molecule has 0 saturated heterocycles. The van der Waals surface area contributed by atoms with E-state index < -0.39 is 0 Å². The lowest BCUT2D eigenvalue weighted by Gasteiger charge is -1.99. The van der Waals surface area contributed by atoms with E-state index in [0.717, 1.165) is 5.69 Å². The van der Waals surface area contributed by atoms with Crippen molar-refractivity contribution in [3.05, 3.63) is 60.9 Å². The molecule has 2 rings (SSSR count). The third-order valence-corrected chi connectivity index (χ3v) is 2.00. The van der Waals surface area contributed by atoms with Gasteiger partial charge in [0.25, 0.3) is 0 Å². The van der Waals surface area contributed by atoms with Gasteiger partial charge in [0.2, 0.25) is 5.89 Å². The highest BCUT2D eigenvalue weighted by molar-refractivity contribution is 5.40. The first kappa shape index (κ1) is 8.75. The quantitative estimate of drug-likeness (QED) is 0.707. The van der Waals surface area contributed by atoms with Gasteiger partial charge in [-0.25, -0.2) is 4.98 Å². The molecule has 0 radical (unpaired) electrons. The predicted octanol–water partition coefficient (Wildman–Crippen LogP) is 3.08. The molecule has 0 fully saturated rings. The van der Waals surface area contributed by atoms with E-state index in [1.54, 1.807) is 12.3 Å². The lowest BCUT2D eigenvalue weighted by Crippen LogP contribution is -1.90. The minimum atomic E-state index is 0.124. The Bertz CT molecular complexity index is 394. The van der Waals surface area contributed by atoms with Crippen LogP contribution in [0.4, 0.5) is 0 Å². The third kappa shape index (κ3) is 1.74. The molecule has 2 heteroatoms. The molecule has 0 saturated carbocycles. The number of allylic oxidation sites excluding steroid dienone is 6. The normalized spacial score (nSPS) is 15.7. The maximum absolute atomic E-state index is 5.34. The van der Waals surface area contributed by atoms with Gasteiger partial charge in [-0.1, -0.05) is 43.0 Å². The lowest BCUT2D eigenvalue weighted by atomic mass is 10.1. The standard InChI is InChI=1S/C12H11NO/c1-2-11-9-14-12(13-11)10-7-5-3-4-6-8-10/h2-10H,1H2. The number of hydrogen-bond acceptors (Lipinski definition) is 2. The predicted molar refractivity (Wildman–Crippen MR) is 56.8 cm³/mol. The zero-order chi connectivity index (χ0) is 9.80. The molecule has 0 unspecified atom stereocenters. The summed E-state index contributed by atoms with van der Waals surface area (Å²) in [6.45, 7) is 3.64. The van der Waals surface area contributed by atoms with Gasteiger partial charge in [0.05, 0.1) is 5.92 Å². The SMILES string of the molecule is C=Cc1coc(C2C=CC=CC=C2)n1. The fourth-order valence-corrected chi connectivity index (χ4v) is 1.27. The highest BCUT2D eigenvalue weighted by atomic mass is 16.3. The first-order chi connectivity index (χ1) is 6.90. The first-order valence-electron chi connectivity index (χ1n) is 4.49. The smallest absolute Gasteiger partial charge is 0.205 e. The van der Waals surface area contributed by atoms with Crippen LogP contribution in [0.3, 0.4) is 0 Å². The number of oxazole rings is 1. The molecule has 1 aliphatic carbocycles. The molecule has 14 heavy (non-hydrogen) atoms. The second-order valence-electron chi connectivity index (χ2n) is 3.00. The molecule has 1 aromatic heterocycles. The summed E-state index contributed by atoms with van der Waals surface area (Å²) in [6, 6.07) is 0. The number of nitrogens with zero attached hydrogens (tertiary/aromatic N) is 1. The van der Waals surface area contributed by atoms with Gasteiger partial charge in [0, 0.05) is 0 Å². The molecule has 0 spiro atoms. The molecule has 0 aromatic carbocycles. The van der Waals surface area contributed by atoms with Crippen molar-refractivity contribution in [1.82, 2.24) is 4.98 Å². The van der Waals surface area contributed by atoms with Crippen molar-refractivity contribution in [1.29, 1.82) is 0 Å². The van der Waals surface area contributed by atoms with Crippen molar-refractivity contribution in [2.45, 2.75) is 5.92 Å². The summed E-state index contributed by atoms with van der Waals surface area (Å²) in [5, 5.41) is 0. The largest absolute Gasteiger partial charge is 0.447 e. The second-order valence-corrected chi connectivity index (χ2v) is 3.00. The minimum Gasteiger partial charge on any atom is -0.447 e. The van der Waals surface area contributed by atoms with E-state index in [4.69, 9.17) is 4.42 Å². The van der Waals surface area contributed by atoms with Crippen LogP contribution in [0.2, 0.25) is 0 Å². The van der Waals surface area contributed by atoms with Gasteiger partial charge in [-0.2, -0.15) is 0 Å². The maximum atomic E-state index is 5.34. The number of rotatable bonds is 2. The summed E-state index contributed by atoms with van der Waals surface area (Å²) in [5.74, 6) is 0.829. The molecule has 1 aromatic rings. The van der Waals surface area contributed by atoms with E-state index in [2.05, 4.69) is 11.6 Å². The van der Waals surface area contributed by atoms with Crippen LogP contribution in [-0.4, -0.2) is 4.98 Å². The summed E-state index contributed by atoms with van der Waals surface area (Å²) in [5.41, 5.74) is 0.777. The number of hydrogen-bond donors (Lipinski definition) is 0. The van der Waals surface area contributed by atoms with Gasteiger partial charge in [-0.15, -0.1) is 0 Å². The van der Waals surface area contributed by atoms with Gasteiger partial charge < -0.3 is 4.42 Å². The average molecular weight is 185 g/mol. The molecule has 0 bridgehead atoms. The van der Waals surface area contributed by atoms with Crippen LogP contribution in [0.25, 0.3) is 6.08 Å². The lowest BCUT2D eigenvalue weighted by molar-refractivity contribution is 0.495. The second kappa shape index (κ2) is 3.92. The van der Waals surface area contributed by atoms with Crippen molar-refractivity contribution < 1.29 is 4.42 Å². The van der Waals surface area contributed by atoms with Crippen molar-refractivity contribution in [2.24, 2.45) is 0 Å². The fourth-order valence-electron chi connectivity index (χ4n) is 1.27. The Balaban J connectivity index is 2.26. The average Bonchev–Trinajstić information content (AvgIpc) is 2.53. The molecule has 2 nitrogen and oxygen atoms in total. The van der Waals surface area contributed by atoms with Gasteiger partial charge in [0.15, 0.2) is 0 Å². The van der Waals surface area contributed by atoms with E-state index in [0.29, 0.717) is 5.89 Å². The summed E-state index contributed by atoms with van der Waals surface area (Å²) >= 11 is 0. The van der Waals surface area contributed by atoms with E-state index in [9.17, 15) is 0 Å². The molecule has 70 valence electrons. The Kier molecular flexibility index (Phi) is 2.45. The van der Waals surface area contributed by atoms with Crippen molar-refractivity contribution in [3.8, 4) is 0 Å². The zero-order valence-corrected chi connectivity index (χ0v) is 7.76. The van der Waals surface area contributed by atoms with Crippen molar-refractivity contribution in [3.63, 3.8) is 0 Å². The molecule has 0 N–H and O–H groups in total. The Morgan fingerprint density at radius 3 is 2.50 bits per heavy atom. The Hall–Kier alpha value is -1.83. The minimum absolute atomic E-state index is 0.124. The topological polar surface area (TPSA) is 26.0 Å². The molecular weight excluding hydrogens is 174 g/mol. The monoisotopic (exact) mass is 185 g/mol. The van der Waals surface area contributed by atoms with Gasteiger partial charge >= 0.3 is 0 Å². The fraction of sp³-hybridized carbons (Fsp3) is 0.0833. The van der Waals surface area contributed by atoms with Crippen LogP contribution >= 0.6 is 0 Å². The van der Waals surface area contributed by atoms with Gasteiger partial charge in [-0.3, -0.25) is 0 Å². The van der Waals surface area contributed by atoms with Crippen molar-refractivity contribution >= 4 is 6.08 Å². The third-order valence-electron chi connectivity index (χ3n) is 2.00. The van der Waals surface area contributed by atoms with Crippen LogP contribution in [-0.2, 0) is 0 Å². The van der Waals surface area contributed by atoms with E-state index in [1.165, 1.54) is 0 Å². The molecule has 1 heterocycles. The summed E-state index contributed by atoms with van der Waals surface area (Å²) in [7, 11) is 0. The maximum Gasteiger partial charge on any atom is 0.205 e. The van der Waals surface area contributed by atoms with E-state index >= 15 is 0 Å². The van der Waals surface area contributed by atoms with Crippen LogP contribution in [0.15, 0.2) is 53.7 Å². The molecular formula is C12H11NO. The zero-order valence-electron chi connectivity index (χ0n) is 7.76. The van der Waals surface area contributed by atoms with E-state index in [-0.39, 0.29) is 5.92 Å². The number of aromatic nitrogens is 1. The van der Waals surface area contributed by atoms with Gasteiger partial charge in [0.1, 0.15) is 12.0 Å².